The monoisotopic (exact) mass is 946 g/mol. The topological polar surface area (TPSA) is 224 Å². The number of methoxy groups -OCH3 is 1. The van der Waals surface area contributed by atoms with E-state index in [4.69, 9.17) is 55.1 Å². The summed E-state index contributed by atoms with van der Waals surface area (Å²) in [5.74, 6) is -0.502. The van der Waals surface area contributed by atoms with Gasteiger partial charge in [-0.2, -0.15) is 0 Å². The van der Waals surface area contributed by atoms with E-state index in [2.05, 4.69) is 4.74 Å². The molecule has 0 saturated carbocycles. The van der Waals surface area contributed by atoms with Crippen LogP contribution in [-0.2, 0) is 67.7 Å². The molecule has 2 aromatic carbocycles. The molecule has 0 heterocycles. The molecular formula is C27H46O13W2. The Morgan fingerprint density at radius 2 is 1.07 bits per heavy atom. The van der Waals surface area contributed by atoms with Crippen LogP contribution in [0.5, 0.6) is 0 Å². The first-order valence-electron chi connectivity index (χ1n) is 11.8. The van der Waals surface area contributed by atoms with Gasteiger partial charge in [0.25, 0.3) is 0 Å². The van der Waals surface area contributed by atoms with Crippen LogP contribution in [0.1, 0.15) is 15.9 Å². The van der Waals surface area contributed by atoms with Crippen molar-refractivity contribution >= 4 is 12.8 Å². The largest absolute Gasteiger partial charge is 0.459 e. The average molecular weight is 946 g/mol. The predicted octanol–water partition coefficient (Wildman–Crippen LogP) is -1.23. The molecule has 13 nitrogen and oxygen atoms in total. The van der Waals surface area contributed by atoms with Crippen LogP contribution in [0.2, 0.25) is 0 Å². The summed E-state index contributed by atoms with van der Waals surface area (Å²) in [6, 6.07) is 18.2. The smallest absolute Gasteiger partial charge is 0.338 e. The Bertz CT molecular complexity index is 747. The molecule has 0 radical (unpaired) electrons. The molecule has 0 fully saturated rings. The van der Waals surface area contributed by atoms with E-state index in [-0.39, 0.29) is 75.2 Å². The summed E-state index contributed by atoms with van der Waals surface area (Å²) in [6.45, 7) is 1.76. The molecule has 2 rings (SSSR count). The Labute approximate surface area is 276 Å². The fourth-order valence-electron chi connectivity index (χ4n) is 2.07. The molecule has 0 aromatic heterocycles. The van der Waals surface area contributed by atoms with Gasteiger partial charge in [0.15, 0.2) is 0 Å². The van der Waals surface area contributed by atoms with E-state index in [1.165, 1.54) is 7.11 Å². The van der Waals surface area contributed by atoms with Gasteiger partial charge in [0.1, 0.15) is 31.7 Å². The van der Waals surface area contributed by atoms with E-state index in [0.29, 0.717) is 12.2 Å². The van der Waals surface area contributed by atoms with Crippen LogP contribution >= 0.6 is 0 Å². The van der Waals surface area contributed by atoms with Crippen LogP contribution in [-0.4, -0.2) is 133 Å². The number of carbonyl (C=O) groups excluding carboxylic acids is 2. The number of esters is 1. The van der Waals surface area contributed by atoms with Gasteiger partial charge >= 0.3 is 5.97 Å². The molecule has 0 bridgehead atoms. The van der Waals surface area contributed by atoms with E-state index < -0.39 is 30.9 Å². The van der Waals surface area contributed by atoms with Gasteiger partial charge in [0.05, 0.1) is 45.2 Å². The number of hydrogen-bond donors (Lipinski definition) is 8. The van der Waals surface area contributed by atoms with Gasteiger partial charge in [-0.25, -0.2) is 4.79 Å². The molecule has 8 N–H and O–H groups in total. The minimum absolute atomic E-state index is 0. The van der Waals surface area contributed by atoms with Gasteiger partial charge < -0.3 is 59.9 Å². The van der Waals surface area contributed by atoms with E-state index in [0.717, 1.165) is 19.8 Å². The molecule has 244 valence electrons. The molecule has 3 atom stereocenters. The molecule has 15 heteroatoms. The number of carbonyl (C=O) groups is 2. The van der Waals surface area contributed by atoms with Crippen LogP contribution in [0.4, 0.5) is 0 Å². The Morgan fingerprint density at radius 3 is 1.45 bits per heavy atom. The van der Waals surface area contributed by atoms with Crippen LogP contribution < -0.4 is 0 Å². The van der Waals surface area contributed by atoms with Crippen LogP contribution in [0.15, 0.2) is 60.7 Å². The summed E-state index contributed by atoms with van der Waals surface area (Å²) >= 11 is 0. The fraction of sp³-hybridized carbons (Fsp3) is 0.481. The molecule has 0 aliphatic rings. The van der Waals surface area contributed by atoms with Gasteiger partial charge in [0, 0.05) is 63.5 Å². The van der Waals surface area contributed by atoms with Crippen LogP contribution in [0.25, 0.3) is 0 Å². The summed E-state index contributed by atoms with van der Waals surface area (Å²) < 4.78 is 14.4. The standard InChI is InChI=1S/C10H12O4.C10H14O3.C4H10O3.2CH4O.CH2O.2W/c11-6-9(12)7-14-10(13)8-4-2-1-3-5-8;11-6-10(12)8-13-7-9-4-2-1-3-5-9;1-7-3-4(6)2-5;3*1-2;;/h1-5,9,11-12H,6-7H2;1-5,10-12H,6-8H2;4-6H,2-3H2,1H3;2*2H,1H3;1H2;;. The molecule has 2 aromatic rings. The first kappa shape index (κ1) is 53.1. The third kappa shape index (κ3) is 36.6. The second kappa shape index (κ2) is 44.0. The van der Waals surface area contributed by atoms with Crippen molar-refractivity contribution in [1.29, 1.82) is 0 Å². The minimum atomic E-state index is -1.01. The van der Waals surface area contributed by atoms with E-state index in [9.17, 15) is 4.79 Å². The zero-order valence-electron chi connectivity index (χ0n) is 24.1. The SMILES string of the molecule is C=O.CO.CO.COCC(O)CO.O=C(OCC(O)CO)c1ccccc1.OCC(O)COCc1ccccc1.[W].[W]. The fourth-order valence-corrected chi connectivity index (χ4v) is 2.07. The van der Waals surface area contributed by atoms with Gasteiger partial charge in [-0.1, -0.05) is 48.5 Å². The van der Waals surface area contributed by atoms with Gasteiger partial charge in [-0.3, -0.25) is 0 Å². The van der Waals surface area contributed by atoms with Crippen molar-refractivity contribution in [2.75, 3.05) is 61.0 Å². The Kier molecular flexibility index (Phi) is 55.7. The van der Waals surface area contributed by atoms with Crippen molar-refractivity contribution < 1.29 is 107 Å². The van der Waals surface area contributed by atoms with Crippen LogP contribution in [0, 0.1) is 0 Å². The summed E-state index contributed by atoms with van der Waals surface area (Å²) in [6.07, 6.45) is -2.50. The van der Waals surface area contributed by atoms with Gasteiger partial charge in [-0.05, 0) is 17.7 Å². The van der Waals surface area contributed by atoms with Crippen molar-refractivity contribution in [3.05, 3.63) is 71.8 Å². The maximum absolute atomic E-state index is 11.3. The summed E-state index contributed by atoms with van der Waals surface area (Å²) in [5.41, 5.74) is 1.49. The maximum Gasteiger partial charge on any atom is 0.338 e. The first-order valence-corrected chi connectivity index (χ1v) is 11.8. The summed E-state index contributed by atoms with van der Waals surface area (Å²) in [7, 11) is 3.47. The number of aliphatic hydroxyl groups is 8. The van der Waals surface area contributed by atoms with Crippen molar-refractivity contribution in [2.45, 2.75) is 24.9 Å². The second-order valence-corrected chi connectivity index (χ2v) is 6.93. The number of hydrogen-bond acceptors (Lipinski definition) is 13. The Morgan fingerprint density at radius 1 is 0.690 bits per heavy atom. The number of aliphatic hydroxyl groups excluding tert-OH is 8. The molecule has 0 spiro atoms. The van der Waals surface area contributed by atoms with E-state index in [1.54, 1.807) is 30.3 Å². The first-order chi connectivity index (χ1) is 19.4. The zero-order valence-corrected chi connectivity index (χ0v) is 30.0. The number of ether oxygens (including phenoxy) is 3. The van der Waals surface area contributed by atoms with Crippen LogP contribution in [0.3, 0.4) is 0 Å². The quantitative estimate of drug-likeness (QED) is 0.117. The molecule has 0 saturated heterocycles. The van der Waals surface area contributed by atoms with Gasteiger partial charge in [0.2, 0.25) is 0 Å². The number of rotatable bonds is 12. The third-order valence-corrected chi connectivity index (χ3v) is 3.83. The van der Waals surface area contributed by atoms with E-state index in [1.807, 2.05) is 37.1 Å². The minimum Gasteiger partial charge on any atom is -0.459 e. The molecule has 0 aliphatic heterocycles. The Balaban J connectivity index is -0.000000108. The second-order valence-electron chi connectivity index (χ2n) is 6.93. The normalized spacial score (nSPS) is 10.7. The van der Waals surface area contributed by atoms with Crippen molar-refractivity contribution in [1.82, 2.24) is 0 Å². The van der Waals surface area contributed by atoms with Crippen molar-refractivity contribution in [2.24, 2.45) is 0 Å². The molecule has 42 heavy (non-hydrogen) atoms. The zero-order chi connectivity index (χ0) is 31.6. The van der Waals surface area contributed by atoms with Crippen molar-refractivity contribution in [3.63, 3.8) is 0 Å². The molecule has 0 aliphatic carbocycles. The Hall–Kier alpha value is -1.44. The summed E-state index contributed by atoms with van der Waals surface area (Å²) in [4.78, 5) is 19.3. The predicted molar refractivity (Wildman–Crippen MR) is 147 cm³/mol. The third-order valence-electron chi connectivity index (χ3n) is 3.83. The van der Waals surface area contributed by atoms with Gasteiger partial charge in [-0.15, -0.1) is 0 Å². The molecular weight excluding hydrogens is 900 g/mol. The molecule has 0 amide bonds. The van der Waals surface area contributed by atoms with Crippen molar-refractivity contribution in [3.8, 4) is 0 Å². The average Bonchev–Trinajstić information content (AvgIpc) is 3.04. The molecule has 3 unspecified atom stereocenters. The summed E-state index contributed by atoms with van der Waals surface area (Å²) in [5, 5.41) is 65.5. The van der Waals surface area contributed by atoms with E-state index >= 15 is 0 Å². The number of benzene rings is 2. The maximum atomic E-state index is 11.3.